The molecule has 0 saturated heterocycles. The number of thiophene rings is 1. The zero-order chi connectivity index (χ0) is 17.4. The van der Waals surface area contributed by atoms with Crippen molar-refractivity contribution in [2.75, 3.05) is 5.32 Å². The van der Waals surface area contributed by atoms with Crippen LogP contribution in [0, 0.1) is 0 Å². The van der Waals surface area contributed by atoms with E-state index in [9.17, 15) is 9.59 Å². The molecule has 0 unspecified atom stereocenters. The largest absolute Gasteiger partial charge is 0.459 e. The highest BCUT2D eigenvalue weighted by Crippen LogP contribution is 2.40. The Bertz CT molecular complexity index is 810. The van der Waals surface area contributed by atoms with Gasteiger partial charge in [-0.15, -0.1) is 11.3 Å². The Morgan fingerprint density at radius 1 is 1.42 bits per heavy atom. The average molecular weight is 368 g/mol. The van der Waals surface area contributed by atoms with Crippen LogP contribution in [0.3, 0.4) is 0 Å². The van der Waals surface area contributed by atoms with Gasteiger partial charge in [0.2, 0.25) is 0 Å². The molecule has 2 aromatic heterocycles. The molecule has 0 atom stereocenters. The van der Waals surface area contributed by atoms with Gasteiger partial charge in [-0.2, -0.15) is 5.10 Å². The van der Waals surface area contributed by atoms with Crippen LogP contribution in [0.2, 0.25) is 5.02 Å². The molecule has 2 aromatic rings. The standard InChI is InChI=1S/C16H18ClN3O3S/c1-8(2)23-16(22)12-9-5-4-6-11(9)24-15(12)18-14(21)13-10(17)7-20(3)19-13/h7-8H,4-6H2,1-3H3,(H,18,21). The number of carbonyl (C=O) groups is 2. The van der Waals surface area contributed by atoms with E-state index in [0.29, 0.717) is 10.6 Å². The number of anilines is 1. The number of nitrogens with one attached hydrogen (secondary N) is 1. The van der Waals surface area contributed by atoms with Crippen molar-refractivity contribution in [1.82, 2.24) is 9.78 Å². The summed E-state index contributed by atoms with van der Waals surface area (Å²) >= 11 is 7.45. The van der Waals surface area contributed by atoms with Crippen molar-refractivity contribution in [3.63, 3.8) is 0 Å². The lowest BCUT2D eigenvalue weighted by atomic mass is 10.1. The van der Waals surface area contributed by atoms with Crippen LogP contribution < -0.4 is 5.32 Å². The molecule has 0 aliphatic heterocycles. The summed E-state index contributed by atoms with van der Waals surface area (Å²) in [5, 5.41) is 7.62. The number of hydrogen-bond donors (Lipinski definition) is 1. The van der Waals surface area contributed by atoms with Crippen LogP contribution in [-0.2, 0) is 24.6 Å². The Hall–Kier alpha value is -1.86. The first kappa shape index (κ1) is 17.0. The first-order valence-corrected chi connectivity index (χ1v) is 8.92. The van der Waals surface area contributed by atoms with Crippen LogP contribution in [0.1, 0.15) is 51.6 Å². The van der Waals surface area contributed by atoms with Crippen LogP contribution in [0.4, 0.5) is 5.00 Å². The molecule has 0 aromatic carbocycles. The number of carbonyl (C=O) groups excluding carboxylic acids is 2. The zero-order valence-electron chi connectivity index (χ0n) is 13.7. The first-order valence-electron chi connectivity index (χ1n) is 7.72. The van der Waals surface area contributed by atoms with E-state index in [1.165, 1.54) is 16.0 Å². The summed E-state index contributed by atoms with van der Waals surface area (Å²) in [6.45, 7) is 3.60. The highest BCUT2D eigenvalue weighted by molar-refractivity contribution is 7.17. The van der Waals surface area contributed by atoms with Gasteiger partial charge in [-0.25, -0.2) is 4.79 Å². The van der Waals surface area contributed by atoms with E-state index < -0.39 is 11.9 Å². The highest BCUT2D eigenvalue weighted by Gasteiger charge is 2.29. The second kappa shape index (κ2) is 6.57. The molecular formula is C16H18ClN3O3S. The molecule has 8 heteroatoms. The lowest BCUT2D eigenvalue weighted by Gasteiger charge is -2.10. The summed E-state index contributed by atoms with van der Waals surface area (Å²) in [5.74, 6) is -0.828. The fraction of sp³-hybridized carbons (Fsp3) is 0.438. The van der Waals surface area contributed by atoms with Crippen molar-refractivity contribution in [2.24, 2.45) is 7.05 Å². The van der Waals surface area contributed by atoms with Crippen molar-refractivity contribution >= 4 is 39.8 Å². The molecule has 0 fully saturated rings. The van der Waals surface area contributed by atoms with Crippen LogP contribution >= 0.6 is 22.9 Å². The average Bonchev–Trinajstić information content (AvgIpc) is 3.11. The predicted octanol–water partition coefficient (Wildman–Crippen LogP) is 3.44. The van der Waals surface area contributed by atoms with Crippen LogP contribution in [0.25, 0.3) is 0 Å². The summed E-state index contributed by atoms with van der Waals surface area (Å²) in [6.07, 6.45) is 4.10. The number of aromatic nitrogens is 2. The lowest BCUT2D eigenvalue weighted by Crippen LogP contribution is -2.18. The van der Waals surface area contributed by atoms with E-state index in [1.807, 2.05) is 0 Å². The van der Waals surface area contributed by atoms with Gasteiger partial charge in [-0.05, 0) is 38.7 Å². The molecule has 3 rings (SSSR count). The number of nitrogens with zero attached hydrogens (tertiary/aromatic N) is 2. The Morgan fingerprint density at radius 3 is 2.79 bits per heavy atom. The van der Waals surface area contributed by atoms with Crippen molar-refractivity contribution < 1.29 is 14.3 Å². The fourth-order valence-electron chi connectivity index (χ4n) is 2.76. The number of hydrogen-bond acceptors (Lipinski definition) is 5. The van der Waals surface area contributed by atoms with Gasteiger partial charge in [-0.1, -0.05) is 11.6 Å². The zero-order valence-corrected chi connectivity index (χ0v) is 15.3. The third kappa shape index (κ3) is 3.18. The molecule has 24 heavy (non-hydrogen) atoms. The number of amides is 1. The minimum atomic E-state index is -0.431. The molecule has 0 radical (unpaired) electrons. The smallest absolute Gasteiger partial charge is 0.341 e. The molecule has 0 saturated carbocycles. The summed E-state index contributed by atoms with van der Waals surface area (Å²) < 4.78 is 6.82. The molecular weight excluding hydrogens is 350 g/mol. The van der Waals surface area contributed by atoms with Crippen molar-refractivity contribution in [3.05, 3.63) is 32.9 Å². The van der Waals surface area contributed by atoms with E-state index >= 15 is 0 Å². The molecule has 0 bridgehead atoms. The Labute approximate surface area is 148 Å². The van der Waals surface area contributed by atoms with E-state index in [4.69, 9.17) is 16.3 Å². The second-order valence-electron chi connectivity index (χ2n) is 5.97. The first-order chi connectivity index (χ1) is 11.4. The second-order valence-corrected chi connectivity index (χ2v) is 7.48. The third-order valence-electron chi connectivity index (χ3n) is 3.69. The maximum Gasteiger partial charge on any atom is 0.341 e. The summed E-state index contributed by atoms with van der Waals surface area (Å²) in [7, 11) is 1.69. The molecule has 128 valence electrons. The Morgan fingerprint density at radius 2 is 2.17 bits per heavy atom. The van der Waals surface area contributed by atoms with E-state index in [2.05, 4.69) is 10.4 Å². The van der Waals surface area contributed by atoms with E-state index in [-0.39, 0.29) is 16.8 Å². The van der Waals surface area contributed by atoms with Crippen molar-refractivity contribution in [2.45, 2.75) is 39.2 Å². The van der Waals surface area contributed by atoms with Gasteiger partial charge in [-0.3, -0.25) is 9.48 Å². The maximum atomic E-state index is 12.5. The van der Waals surface area contributed by atoms with Crippen LogP contribution in [-0.4, -0.2) is 27.8 Å². The normalized spacial score (nSPS) is 13.2. The topological polar surface area (TPSA) is 73.2 Å². The molecule has 1 N–H and O–H groups in total. The summed E-state index contributed by atoms with van der Waals surface area (Å²) in [5.41, 5.74) is 1.60. The van der Waals surface area contributed by atoms with E-state index in [1.54, 1.807) is 27.1 Å². The maximum absolute atomic E-state index is 12.5. The number of esters is 1. The van der Waals surface area contributed by atoms with Crippen LogP contribution in [0.15, 0.2) is 6.20 Å². The summed E-state index contributed by atoms with van der Waals surface area (Å²) in [4.78, 5) is 26.1. The number of halogens is 1. The fourth-order valence-corrected chi connectivity index (χ4v) is 4.29. The quantitative estimate of drug-likeness (QED) is 0.840. The lowest BCUT2D eigenvalue weighted by molar-refractivity contribution is 0.0378. The number of aryl methyl sites for hydroxylation is 2. The van der Waals surface area contributed by atoms with Gasteiger partial charge in [0.1, 0.15) is 5.00 Å². The van der Waals surface area contributed by atoms with Gasteiger partial charge in [0.25, 0.3) is 5.91 Å². The minimum absolute atomic E-state index is 0.135. The summed E-state index contributed by atoms with van der Waals surface area (Å²) in [6, 6.07) is 0. The molecule has 1 aliphatic carbocycles. The molecule has 1 amide bonds. The monoisotopic (exact) mass is 367 g/mol. The number of rotatable bonds is 4. The molecule has 1 aliphatic rings. The number of ether oxygens (including phenoxy) is 1. The van der Waals surface area contributed by atoms with Crippen molar-refractivity contribution in [3.8, 4) is 0 Å². The van der Waals surface area contributed by atoms with E-state index in [0.717, 1.165) is 29.7 Å². The number of fused-ring (bicyclic) bond motifs is 1. The third-order valence-corrected chi connectivity index (χ3v) is 5.18. The van der Waals surface area contributed by atoms with Crippen molar-refractivity contribution in [1.29, 1.82) is 0 Å². The Kier molecular flexibility index (Phi) is 4.64. The SMILES string of the molecule is CC(C)OC(=O)c1c(NC(=O)c2nn(C)cc2Cl)sc2c1CCC2. The Balaban J connectivity index is 1.92. The van der Waals surface area contributed by atoms with Gasteiger partial charge < -0.3 is 10.1 Å². The molecule has 6 nitrogen and oxygen atoms in total. The van der Waals surface area contributed by atoms with Gasteiger partial charge in [0.05, 0.1) is 16.7 Å². The van der Waals surface area contributed by atoms with Gasteiger partial charge >= 0.3 is 5.97 Å². The van der Waals surface area contributed by atoms with Crippen LogP contribution in [0.5, 0.6) is 0 Å². The minimum Gasteiger partial charge on any atom is -0.459 e. The predicted molar refractivity (Wildman–Crippen MR) is 93.1 cm³/mol. The highest BCUT2D eigenvalue weighted by atomic mass is 35.5. The molecule has 2 heterocycles. The van der Waals surface area contributed by atoms with Gasteiger partial charge in [0, 0.05) is 18.1 Å². The molecule has 0 spiro atoms. The van der Waals surface area contributed by atoms with Gasteiger partial charge in [0.15, 0.2) is 5.69 Å².